The number of carbonyl (C=O) groups excluding carboxylic acids is 4. The molecule has 0 bridgehead atoms. The minimum atomic E-state index is 0.0248. The largest absolute Gasteiger partial charge is 0.306 e. The van der Waals surface area contributed by atoms with Gasteiger partial charge in [-0.2, -0.15) is 0 Å². The van der Waals surface area contributed by atoms with Crippen LogP contribution in [0.3, 0.4) is 0 Å². The van der Waals surface area contributed by atoms with E-state index in [1.165, 1.54) is 267 Å². The first-order valence-electron chi connectivity index (χ1n) is 44.6. The van der Waals surface area contributed by atoms with Crippen molar-refractivity contribution in [3.05, 3.63) is 108 Å². The molecule has 0 spiro atoms. The van der Waals surface area contributed by atoms with Crippen molar-refractivity contribution in [3.63, 3.8) is 0 Å². The van der Waals surface area contributed by atoms with Crippen LogP contribution in [0.4, 0.5) is 0 Å². The molecular weight excluding hydrogens is 1540 g/mol. The highest BCUT2D eigenvalue weighted by molar-refractivity contribution is 9.11. The second-order valence-corrected chi connectivity index (χ2v) is 40.2. The third kappa shape index (κ3) is 28.6. The van der Waals surface area contributed by atoms with Crippen molar-refractivity contribution in [1.82, 2.24) is 19.6 Å². The average Bonchev–Trinajstić information content (AvgIpc) is 1.56. The molecular formula is C94H146Br2N4O4S4. The summed E-state index contributed by atoms with van der Waals surface area (Å²) in [6.45, 7) is 25.3. The second kappa shape index (κ2) is 52.2. The molecule has 4 aliphatic rings. The Morgan fingerprint density at radius 1 is 0.250 bits per heavy atom. The normalized spacial score (nSPS) is 15.7. The van der Waals surface area contributed by atoms with E-state index in [4.69, 9.17) is 0 Å². The van der Waals surface area contributed by atoms with Gasteiger partial charge in [0.25, 0.3) is 23.6 Å². The van der Waals surface area contributed by atoms with Crippen LogP contribution in [0.15, 0.2) is 78.4 Å². The number of fused-ring (bicyclic) bond motifs is 2. The lowest BCUT2D eigenvalue weighted by Gasteiger charge is -2.29. The molecule has 4 aromatic rings. The minimum absolute atomic E-state index is 0.0248. The Morgan fingerprint density at radius 3 is 0.602 bits per heavy atom. The minimum Gasteiger partial charge on any atom is -0.306 e. The molecule has 0 aliphatic carbocycles. The van der Waals surface area contributed by atoms with Gasteiger partial charge in [-0.1, -0.05) is 312 Å². The molecule has 108 heavy (non-hydrogen) atoms. The van der Waals surface area contributed by atoms with E-state index < -0.39 is 0 Å². The van der Waals surface area contributed by atoms with Gasteiger partial charge in [0.2, 0.25) is 0 Å². The van der Waals surface area contributed by atoms with E-state index in [0.29, 0.717) is 72.1 Å². The zero-order valence-corrected chi connectivity index (χ0v) is 75.9. The number of aryl methyl sites for hydroxylation is 2. The van der Waals surface area contributed by atoms with Crippen LogP contribution in [0.2, 0.25) is 0 Å². The lowest BCUT2D eigenvalue weighted by atomic mass is 9.93. The summed E-state index contributed by atoms with van der Waals surface area (Å²) in [6.07, 6.45) is 59.8. The van der Waals surface area contributed by atoms with Crippen molar-refractivity contribution in [1.29, 1.82) is 0 Å². The summed E-state index contributed by atoms with van der Waals surface area (Å²) >= 11 is 14.2. The highest BCUT2D eigenvalue weighted by Crippen LogP contribution is 2.52. The number of carbonyl (C=O) groups is 4. The number of thiophene rings is 4. The Bertz CT molecular complexity index is 2980. The van der Waals surface area contributed by atoms with Gasteiger partial charge in [0, 0.05) is 35.9 Å². The van der Waals surface area contributed by atoms with Gasteiger partial charge < -0.3 is 19.6 Å². The summed E-state index contributed by atoms with van der Waals surface area (Å²) in [6, 6.07) is 17.0. The third-order valence-corrected chi connectivity index (χ3v) is 28.7. The monoisotopic (exact) mass is 1680 g/mol. The second-order valence-electron chi connectivity index (χ2n) is 32.7. The molecule has 0 aromatic carbocycles. The maximum Gasteiger partial charge on any atom is 0.261 e. The predicted molar refractivity (Wildman–Crippen MR) is 478 cm³/mol. The maximum absolute atomic E-state index is 15.1. The average molecular weight is 1680 g/mol. The summed E-state index contributed by atoms with van der Waals surface area (Å²) in [5.74, 6) is 1.89. The third-order valence-electron chi connectivity index (χ3n) is 23.4. The van der Waals surface area contributed by atoms with E-state index in [1.54, 1.807) is 45.3 Å². The van der Waals surface area contributed by atoms with Gasteiger partial charge in [-0.15, -0.1) is 45.3 Å². The molecule has 4 unspecified atom stereocenters. The van der Waals surface area contributed by atoms with Gasteiger partial charge in [-0.05, 0) is 169 Å². The zero-order chi connectivity index (χ0) is 77.4. The molecule has 604 valence electrons. The van der Waals surface area contributed by atoms with Crippen LogP contribution in [0, 0.1) is 37.5 Å². The van der Waals surface area contributed by atoms with Crippen molar-refractivity contribution in [2.24, 2.45) is 23.7 Å². The molecule has 4 atom stereocenters. The van der Waals surface area contributed by atoms with Crippen LogP contribution >= 0.6 is 77.2 Å². The highest BCUT2D eigenvalue weighted by Gasteiger charge is 2.52. The SMILES string of the molecule is CCCCCCCCC(CCCCCC)CN1C(=O)C2=C(c3ccc(Br)s3)N(CC(CCCCCC)CCCCCCCC)C(=O)C2=C1c1ccc(Br)s1.CCCCCCCCC(CCCCCC)CN1C(=O)C2=C(c3ccc(C)s3)N(CC(CCCCCC)CCCCCCCC)C(=O)C2=C1c1ccc(C)s1. The molecule has 0 saturated carbocycles. The number of halogens is 2. The van der Waals surface area contributed by atoms with E-state index in [-0.39, 0.29) is 23.6 Å². The molecule has 4 aromatic heterocycles. The van der Waals surface area contributed by atoms with Gasteiger partial charge in [0.1, 0.15) is 0 Å². The molecule has 4 amide bonds. The number of hydrogen-bond donors (Lipinski definition) is 0. The first kappa shape index (κ1) is 91.8. The van der Waals surface area contributed by atoms with E-state index in [0.717, 1.165) is 101 Å². The topological polar surface area (TPSA) is 81.2 Å². The molecule has 8 heterocycles. The smallest absolute Gasteiger partial charge is 0.261 e. The van der Waals surface area contributed by atoms with Gasteiger partial charge in [0.15, 0.2) is 0 Å². The van der Waals surface area contributed by atoms with Crippen LogP contribution in [0.1, 0.15) is 393 Å². The van der Waals surface area contributed by atoms with E-state index in [1.807, 2.05) is 9.80 Å². The van der Waals surface area contributed by atoms with E-state index in [2.05, 4.69) is 159 Å². The van der Waals surface area contributed by atoms with Crippen LogP contribution in [-0.2, 0) is 19.2 Å². The summed E-state index contributed by atoms with van der Waals surface area (Å²) in [5.41, 5.74) is 6.12. The summed E-state index contributed by atoms with van der Waals surface area (Å²) in [4.78, 5) is 75.2. The molecule has 0 N–H and O–H groups in total. The predicted octanol–water partition coefficient (Wildman–Crippen LogP) is 30.7. The number of hydrogen-bond acceptors (Lipinski definition) is 8. The van der Waals surface area contributed by atoms with Crippen LogP contribution in [-0.4, -0.2) is 69.4 Å². The lowest BCUT2D eigenvalue weighted by molar-refractivity contribution is -0.124. The Labute approximate surface area is 691 Å². The van der Waals surface area contributed by atoms with Crippen molar-refractivity contribution < 1.29 is 19.2 Å². The molecule has 14 heteroatoms. The molecule has 4 aliphatic heterocycles. The van der Waals surface area contributed by atoms with Gasteiger partial charge in [-0.3, -0.25) is 19.2 Å². The van der Waals surface area contributed by atoms with Crippen LogP contribution < -0.4 is 0 Å². The molecule has 0 fully saturated rings. The fourth-order valence-corrected chi connectivity index (χ4v) is 21.9. The Balaban J connectivity index is 0.000000301. The summed E-state index contributed by atoms with van der Waals surface area (Å²) < 4.78 is 2.05. The quantitative estimate of drug-likeness (QED) is 0.0413. The summed E-state index contributed by atoms with van der Waals surface area (Å²) in [5, 5.41) is 0. The Morgan fingerprint density at radius 2 is 0.426 bits per heavy atom. The molecule has 0 radical (unpaired) electrons. The van der Waals surface area contributed by atoms with E-state index >= 15 is 19.2 Å². The van der Waals surface area contributed by atoms with Crippen LogP contribution in [0.25, 0.3) is 22.8 Å². The van der Waals surface area contributed by atoms with Crippen LogP contribution in [0.5, 0.6) is 0 Å². The number of unbranched alkanes of at least 4 members (excludes halogenated alkanes) is 32. The lowest BCUT2D eigenvalue weighted by Crippen LogP contribution is -2.34. The standard InChI is InChI=1S/C48H76N2O2S2.C46H70Br2N2O2S2/c1-7-11-15-19-21-25-29-39(27-23-17-13-9-3)35-49-45(41-33-31-37(5)53-41)43-44(47(49)51)46(42-34-32-38(6)54-42)50(48(43)52)36-40(28-24-18-14-10-4)30-26-22-20-16-12-8-2;1-5-9-13-17-19-23-27-35(25-21-15-11-7-3)33-49-43(37-29-31-39(47)53-37)41-42(45(49)51)44(38-30-32-40(48)54-38)50(46(41)52)34-36(26-22-16-12-8-4)28-24-20-18-14-10-6-2/h31-34,39-40H,7-30,35-36H2,1-6H3;29-32,35-36H,5-28,33-34H2,1-4H3. The zero-order valence-electron chi connectivity index (χ0n) is 69.5. The van der Waals surface area contributed by atoms with Crippen molar-refractivity contribution in [2.45, 2.75) is 377 Å². The van der Waals surface area contributed by atoms with Gasteiger partial charge in [0.05, 0.1) is 72.2 Å². The number of nitrogens with zero attached hydrogens (tertiary/aromatic N) is 4. The van der Waals surface area contributed by atoms with Gasteiger partial charge >= 0.3 is 0 Å². The first-order valence-corrected chi connectivity index (χ1v) is 49.4. The van der Waals surface area contributed by atoms with Crippen molar-refractivity contribution in [3.8, 4) is 0 Å². The van der Waals surface area contributed by atoms with Crippen molar-refractivity contribution >= 4 is 124 Å². The molecule has 0 saturated heterocycles. The Kier molecular flexibility index (Phi) is 44.3. The fourth-order valence-electron chi connectivity index (χ4n) is 17.2. The summed E-state index contributed by atoms with van der Waals surface area (Å²) in [7, 11) is 0. The maximum atomic E-state index is 15.1. The fraction of sp³-hybridized carbons (Fsp3) is 0.702. The van der Waals surface area contributed by atoms with Crippen molar-refractivity contribution in [2.75, 3.05) is 26.2 Å². The Hall–Kier alpha value is -3.40. The first-order chi connectivity index (χ1) is 52.7. The number of rotatable bonds is 60. The number of amides is 4. The molecule has 8 nitrogen and oxygen atoms in total. The highest BCUT2D eigenvalue weighted by atomic mass is 79.9. The molecule has 8 rings (SSSR count). The van der Waals surface area contributed by atoms with Gasteiger partial charge in [-0.25, -0.2) is 0 Å². The van der Waals surface area contributed by atoms with E-state index in [9.17, 15) is 0 Å².